The lowest BCUT2D eigenvalue weighted by Gasteiger charge is -2.06. The van der Waals surface area contributed by atoms with Gasteiger partial charge in [-0.2, -0.15) is 0 Å². The van der Waals surface area contributed by atoms with Crippen LogP contribution in [0.25, 0.3) is 0 Å². The molecule has 88 valence electrons. The maximum absolute atomic E-state index is 10.6. The summed E-state index contributed by atoms with van der Waals surface area (Å²) in [5, 5.41) is 12.0. The number of carboxylic acids is 1. The third-order valence-corrected chi connectivity index (χ3v) is 2.28. The van der Waals surface area contributed by atoms with Gasteiger partial charge >= 0.3 is 5.97 Å². The summed E-state index contributed by atoms with van der Waals surface area (Å²) in [6.07, 6.45) is 2.52. The molecule has 1 aromatic rings. The maximum atomic E-state index is 10.6. The number of carboxylic acid groups (broad SMARTS) is 1. The van der Waals surface area contributed by atoms with Crippen LogP contribution in [-0.4, -0.2) is 22.6 Å². The van der Waals surface area contributed by atoms with Crippen molar-refractivity contribution in [3.8, 4) is 0 Å². The third-order valence-electron chi connectivity index (χ3n) is 2.28. The van der Waals surface area contributed by atoms with Crippen molar-refractivity contribution in [2.45, 2.75) is 26.8 Å². The van der Waals surface area contributed by atoms with Gasteiger partial charge < -0.3 is 10.4 Å². The number of carbonyl (C=O) groups is 1. The van der Waals surface area contributed by atoms with Gasteiger partial charge in [0.2, 0.25) is 0 Å². The van der Waals surface area contributed by atoms with E-state index in [4.69, 9.17) is 5.11 Å². The van der Waals surface area contributed by atoms with E-state index < -0.39 is 5.97 Å². The Morgan fingerprint density at radius 3 is 2.75 bits per heavy atom. The second-order valence-electron chi connectivity index (χ2n) is 4.20. The molecule has 0 bridgehead atoms. The van der Waals surface area contributed by atoms with Gasteiger partial charge in [-0.05, 0) is 31.0 Å². The summed E-state index contributed by atoms with van der Waals surface area (Å²) >= 11 is 0. The Morgan fingerprint density at radius 2 is 2.25 bits per heavy atom. The molecule has 0 spiro atoms. The molecule has 0 fully saturated rings. The molecular formula is C12H18N2O2. The predicted molar refractivity (Wildman–Crippen MR) is 62.4 cm³/mol. The van der Waals surface area contributed by atoms with Gasteiger partial charge in [0.1, 0.15) is 0 Å². The van der Waals surface area contributed by atoms with Crippen molar-refractivity contribution >= 4 is 5.97 Å². The van der Waals surface area contributed by atoms with Crippen LogP contribution < -0.4 is 5.32 Å². The van der Waals surface area contributed by atoms with E-state index in [1.807, 2.05) is 0 Å². The van der Waals surface area contributed by atoms with E-state index in [1.165, 1.54) is 6.20 Å². The lowest BCUT2D eigenvalue weighted by Crippen LogP contribution is -2.17. The van der Waals surface area contributed by atoms with Crippen molar-refractivity contribution in [1.29, 1.82) is 0 Å². The fraction of sp³-hybridized carbons (Fsp3) is 0.500. The number of rotatable bonds is 6. The molecule has 4 nitrogen and oxygen atoms in total. The van der Waals surface area contributed by atoms with Crippen LogP contribution in [0.4, 0.5) is 0 Å². The molecule has 16 heavy (non-hydrogen) atoms. The molecule has 1 aromatic heterocycles. The molecule has 0 aliphatic rings. The SMILES string of the molecule is CC(C)CCNCc1ccc(C(=O)O)cn1. The number of hydrogen-bond donors (Lipinski definition) is 2. The Hall–Kier alpha value is -1.42. The van der Waals surface area contributed by atoms with Gasteiger partial charge in [-0.25, -0.2) is 4.79 Å². The Labute approximate surface area is 95.7 Å². The summed E-state index contributed by atoms with van der Waals surface area (Å²) in [7, 11) is 0. The minimum atomic E-state index is -0.938. The molecule has 0 unspecified atom stereocenters. The number of aromatic carboxylic acids is 1. The summed E-state index contributed by atoms with van der Waals surface area (Å²) in [6, 6.07) is 3.32. The molecule has 1 heterocycles. The Kier molecular flexibility index (Phi) is 4.92. The molecule has 0 amide bonds. The largest absolute Gasteiger partial charge is 0.478 e. The van der Waals surface area contributed by atoms with E-state index in [1.54, 1.807) is 12.1 Å². The van der Waals surface area contributed by atoms with Crippen molar-refractivity contribution in [3.05, 3.63) is 29.6 Å². The number of nitrogens with one attached hydrogen (secondary N) is 1. The molecule has 0 saturated heterocycles. The van der Waals surface area contributed by atoms with Crippen LogP contribution in [0.2, 0.25) is 0 Å². The highest BCUT2D eigenvalue weighted by Gasteiger charge is 2.02. The quantitative estimate of drug-likeness (QED) is 0.722. The van der Waals surface area contributed by atoms with Gasteiger partial charge in [0.25, 0.3) is 0 Å². The molecule has 0 aliphatic heterocycles. The molecule has 0 radical (unpaired) electrons. The number of nitrogens with zero attached hydrogens (tertiary/aromatic N) is 1. The van der Waals surface area contributed by atoms with Gasteiger partial charge in [0, 0.05) is 12.7 Å². The van der Waals surface area contributed by atoms with Crippen molar-refractivity contribution in [3.63, 3.8) is 0 Å². The minimum absolute atomic E-state index is 0.228. The predicted octanol–water partition coefficient (Wildman–Crippen LogP) is 1.92. The summed E-state index contributed by atoms with van der Waals surface area (Å²) in [5.74, 6) is -0.248. The smallest absolute Gasteiger partial charge is 0.337 e. The van der Waals surface area contributed by atoms with E-state index in [9.17, 15) is 4.79 Å². The molecule has 0 aromatic carbocycles. The second-order valence-corrected chi connectivity index (χ2v) is 4.20. The van der Waals surface area contributed by atoms with Crippen molar-refractivity contribution < 1.29 is 9.90 Å². The monoisotopic (exact) mass is 222 g/mol. The van der Waals surface area contributed by atoms with Crippen LogP contribution in [0, 0.1) is 5.92 Å². The van der Waals surface area contributed by atoms with Gasteiger partial charge in [0.15, 0.2) is 0 Å². The van der Waals surface area contributed by atoms with Crippen LogP contribution in [0.5, 0.6) is 0 Å². The zero-order valence-corrected chi connectivity index (χ0v) is 9.73. The van der Waals surface area contributed by atoms with Crippen molar-refractivity contribution in [2.75, 3.05) is 6.54 Å². The molecule has 1 rings (SSSR count). The molecule has 0 aliphatic carbocycles. The molecule has 0 atom stereocenters. The zero-order chi connectivity index (χ0) is 12.0. The van der Waals surface area contributed by atoms with E-state index in [-0.39, 0.29) is 5.56 Å². The molecule has 4 heteroatoms. The first kappa shape index (κ1) is 12.6. The molecule has 0 saturated carbocycles. The van der Waals surface area contributed by atoms with Gasteiger partial charge in [0.05, 0.1) is 11.3 Å². The lowest BCUT2D eigenvalue weighted by atomic mass is 10.1. The Bertz CT molecular complexity index is 333. The van der Waals surface area contributed by atoms with Crippen LogP contribution in [0.3, 0.4) is 0 Å². The third kappa shape index (κ3) is 4.40. The number of aromatic nitrogens is 1. The van der Waals surface area contributed by atoms with Crippen LogP contribution in [0.15, 0.2) is 18.3 Å². The number of pyridine rings is 1. The van der Waals surface area contributed by atoms with Crippen LogP contribution in [0.1, 0.15) is 36.3 Å². The highest BCUT2D eigenvalue weighted by atomic mass is 16.4. The highest BCUT2D eigenvalue weighted by Crippen LogP contribution is 2.01. The Morgan fingerprint density at radius 1 is 1.50 bits per heavy atom. The first-order valence-electron chi connectivity index (χ1n) is 5.48. The van der Waals surface area contributed by atoms with Crippen molar-refractivity contribution in [2.24, 2.45) is 5.92 Å². The van der Waals surface area contributed by atoms with E-state index in [0.29, 0.717) is 12.5 Å². The van der Waals surface area contributed by atoms with E-state index >= 15 is 0 Å². The van der Waals surface area contributed by atoms with Crippen LogP contribution >= 0.6 is 0 Å². The molecule has 2 N–H and O–H groups in total. The minimum Gasteiger partial charge on any atom is -0.478 e. The number of hydrogen-bond acceptors (Lipinski definition) is 3. The maximum Gasteiger partial charge on any atom is 0.337 e. The average molecular weight is 222 g/mol. The van der Waals surface area contributed by atoms with Gasteiger partial charge in [-0.1, -0.05) is 13.8 Å². The summed E-state index contributed by atoms with van der Waals surface area (Å²) in [6.45, 7) is 6.01. The highest BCUT2D eigenvalue weighted by molar-refractivity contribution is 5.87. The topological polar surface area (TPSA) is 62.2 Å². The van der Waals surface area contributed by atoms with Gasteiger partial charge in [-0.3, -0.25) is 4.98 Å². The zero-order valence-electron chi connectivity index (χ0n) is 9.73. The van der Waals surface area contributed by atoms with Crippen molar-refractivity contribution in [1.82, 2.24) is 10.3 Å². The summed E-state index contributed by atoms with van der Waals surface area (Å²) in [5.41, 5.74) is 1.10. The fourth-order valence-electron chi connectivity index (χ4n) is 1.26. The summed E-state index contributed by atoms with van der Waals surface area (Å²) in [4.78, 5) is 14.7. The van der Waals surface area contributed by atoms with Gasteiger partial charge in [-0.15, -0.1) is 0 Å². The lowest BCUT2D eigenvalue weighted by molar-refractivity contribution is 0.0696. The average Bonchev–Trinajstić information content (AvgIpc) is 2.25. The fourth-order valence-corrected chi connectivity index (χ4v) is 1.26. The molecular weight excluding hydrogens is 204 g/mol. The Balaban J connectivity index is 2.35. The van der Waals surface area contributed by atoms with Crippen LogP contribution in [-0.2, 0) is 6.54 Å². The van der Waals surface area contributed by atoms with E-state index in [2.05, 4.69) is 24.1 Å². The first-order valence-corrected chi connectivity index (χ1v) is 5.48. The normalized spacial score (nSPS) is 10.7. The standard InChI is InChI=1S/C12H18N2O2/c1-9(2)5-6-13-8-11-4-3-10(7-14-11)12(15)16/h3-4,7,9,13H,5-6,8H2,1-2H3,(H,15,16). The van der Waals surface area contributed by atoms with E-state index in [0.717, 1.165) is 18.7 Å². The second kappa shape index (κ2) is 6.23. The first-order chi connectivity index (χ1) is 7.59. The summed E-state index contributed by atoms with van der Waals surface area (Å²) < 4.78 is 0.